The van der Waals surface area contributed by atoms with Gasteiger partial charge in [0.2, 0.25) is 0 Å². The Labute approximate surface area is 145 Å². The molecular formula is C17H13F4N5. The lowest BCUT2D eigenvalue weighted by Gasteiger charge is -2.16. The summed E-state index contributed by atoms with van der Waals surface area (Å²) in [6.07, 6.45) is -3.43. The molecule has 3 rings (SSSR count). The lowest BCUT2D eigenvalue weighted by Crippen LogP contribution is -2.11. The Morgan fingerprint density at radius 3 is 1.96 bits per heavy atom. The van der Waals surface area contributed by atoms with Crippen LogP contribution < -0.4 is 16.4 Å². The number of alkyl halides is 3. The first-order chi connectivity index (χ1) is 12.4. The molecule has 0 aliphatic heterocycles. The number of nitrogens with one attached hydrogen (secondary N) is 2. The predicted octanol–water partition coefficient (Wildman–Crippen LogP) is 4.70. The zero-order valence-corrected chi connectivity index (χ0v) is 13.2. The molecule has 3 aromatic rings. The van der Waals surface area contributed by atoms with Crippen LogP contribution >= 0.6 is 0 Å². The molecule has 0 aliphatic rings. The van der Waals surface area contributed by atoms with E-state index in [1.165, 1.54) is 36.4 Å². The predicted molar refractivity (Wildman–Crippen MR) is 90.9 cm³/mol. The molecule has 0 saturated carbocycles. The van der Waals surface area contributed by atoms with Crippen LogP contribution in [-0.2, 0) is 6.18 Å². The Bertz CT molecular complexity index is 927. The minimum atomic E-state index is -4.54. The Balaban J connectivity index is 1.93. The van der Waals surface area contributed by atoms with Crippen LogP contribution in [0.2, 0.25) is 0 Å². The molecule has 0 amide bonds. The number of rotatable bonds is 4. The van der Waals surface area contributed by atoms with Gasteiger partial charge < -0.3 is 16.4 Å². The lowest BCUT2D eigenvalue weighted by molar-refractivity contribution is -0.136. The van der Waals surface area contributed by atoms with Gasteiger partial charge in [-0.15, -0.1) is 0 Å². The van der Waals surface area contributed by atoms with Gasteiger partial charge in [0.15, 0.2) is 11.6 Å². The number of aromatic nitrogens is 2. The monoisotopic (exact) mass is 363 g/mol. The number of nitrogens with two attached hydrogens (primary N) is 1. The van der Waals surface area contributed by atoms with E-state index in [-0.39, 0.29) is 28.7 Å². The van der Waals surface area contributed by atoms with Crippen molar-refractivity contribution in [3.05, 3.63) is 66.2 Å². The van der Waals surface area contributed by atoms with Crippen molar-refractivity contribution < 1.29 is 17.6 Å². The second-order valence-corrected chi connectivity index (χ2v) is 5.26. The fourth-order valence-corrected chi connectivity index (χ4v) is 2.25. The number of halogens is 4. The molecule has 2 aromatic carbocycles. The van der Waals surface area contributed by atoms with Crippen LogP contribution in [0.15, 0.2) is 54.9 Å². The maximum Gasteiger partial charge on any atom is 0.418 e. The van der Waals surface area contributed by atoms with Gasteiger partial charge >= 0.3 is 6.18 Å². The van der Waals surface area contributed by atoms with Gasteiger partial charge in [0.1, 0.15) is 17.8 Å². The van der Waals surface area contributed by atoms with Crippen molar-refractivity contribution >= 4 is 28.7 Å². The number of hydrogen-bond donors (Lipinski definition) is 3. The average Bonchev–Trinajstić information content (AvgIpc) is 2.60. The molecule has 26 heavy (non-hydrogen) atoms. The summed E-state index contributed by atoms with van der Waals surface area (Å²) in [5.41, 5.74) is 4.94. The van der Waals surface area contributed by atoms with Crippen molar-refractivity contribution in [2.75, 3.05) is 16.4 Å². The summed E-state index contributed by atoms with van der Waals surface area (Å²) >= 11 is 0. The molecule has 0 saturated heterocycles. The van der Waals surface area contributed by atoms with Gasteiger partial charge in [0.05, 0.1) is 16.9 Å². The molecule has 134 valence electrons. The molecule has 0 bridgehead atoms. The van der Waals surface area contributed by atoms with E-state index in [1.807, 2.05) is 0 Å². The number of nitrogen functional groups attached to an aromatic ring is 1. The van der Waals surface area contributed by atoms with Crippen LogP contribution in [0.4, 0.5) is 46.3 Å². The van der Waals surface area contributed by atoms with Gasteiger partial charge in [-0.05, 0) is 24.3 Å². The van der Waals surface area contributed by atoms with E-state index in [1.54, 1.807) is 6.07 Å². The standard InChI is InChI=1S/C17H13F4N5/c18-11-6-2-4-8-13(11)26-16-14(22)15(23-9-24-16)25-12-7-3-1-5-10(12)17(19,20)21/h1-9H,22H2,(H2,23,24,25,26). The molecule has 0 atom stereocenters. The fraction of sp³-hybridized carbons (Fsp3) is 0.0588. The maximum atomic E-state index is 13.8. The van der Waals surface area contributed by atoms with E-state index in [9.17, 15) is 17.6 Å². The van der Waals surface area contributed by atoms with Gasteiger partial charge in [0, 0.05) is 0 Å². The molecule has 0 aliphatic carbocycles. The first kappa shape index (κ1) is 17.5. The van der Waals surface area contributed by atoms with Gasteiger partial charge in [-0.25, -0.2) is 14.4 Å². The maximum absolute atomic E-state index is 13.8. The molecule has 0 unspecified atom stereocenters. The first-order valence-electron chi connectivity index (χ1n) is 7.41. The van der Waals surface area contributed by atoms with Gasteiger partial charge in [-0.1, -0.05) is 24.3 Å². The molecule has 5 nitrogen and oxygen atoms in total. The molecule has 0 spiro atoms. The normalized spacial score (nSPS) is 11.2. The van der Waals surface area contributed by atoms with E-state index in [4.69, 9.17) is 5.73 Å². The van der Waals surface area contributed by atoms with Crippen LogP contribution in [-0.4, -0.2) is 9.97 Å². The van der Waals surface area contributed by atoms with Crippen LogP contribution in [0.25, 0.3) is 0 Å². The average molecular weight is 363 g/mol. The SMILES string of the molecule is Nc1c(Nc2ccccc2F)ncnc1Nc1ccccc1C(F)(F)F. The summed E-state index contributed by atoms with van der Waals surface area (Å²) in [5, 5.41) is 5.26. The molecule has 0 radical (unpaired) electrons. The summed E-state index contributed by atoms with van der Waals surface area (Å²) in [5.74, 6) is -0.491. The van der Waals surface area contributed by atoms with E-state index in [2.05, 4.69) is 20.6 Å². The Morgan fingerprint density at radius 2 is 1.35 bits per heavy atom. The van der Waals surface area contributed by atoms with Gasteiger partial charge in [-0.2, -0.15) is 13.2 Å². The highest BCUT2D eigenvalue weighted by Crippen LogP contribution is 2.37. The third kappa shape index (κ3) is 3.66. The molecule has 4 N–H and O–H groups in total. The molecule has 1 aromatic heterocycles. The minimum Gasteiger partial charge on any atom is -0.393 e. The van der Waals surface area contributed by atoms with Crippen molar-refractivity contribution in [1.29, 1.82) is 0 Å². The zero-order valence-electron chi connectivity index (χ0n) is 13.2. The minimum absolute atomic E-state index is 0.0319. The molecule has 0 fully saturated rings. The zero-order chi connectivity index (χ0) is 18.7. The third-order valence-electron chi connectivity index (χ3n) is 3.50. The first-order valence-corrected chi connectivity index (χ1v) is 7.41. The van der Waals surface area contributed by atoms with Crippen molar-refractivity contribution in [3.63, 3.8) is 0 Å². The quantitative estimate of drug-likeness (QED) is 0.586. The second kappa shape index (κ2) is 6.87. The number of para-hydroxylation sites is 2. The number of benzene rings is 2. The Morgan fingerprint density at radius 1 is 0.808 bits per heavy atom. The Hall–Kier alpha value is -3.36. The van der Waals surface area contributed by atoms with Gasteiger partial charge in [-0.3, -0.25) is 0 Å². The van der Waals surface area contributed by atoms with Crippen molar-refractivity contribution in [2.45, 2.75) is 6.18 Å². The summed E-state index contributed by atoms with van der Waals surface area (Å²) in [6, 6.07) is 10.8. The second-order valence-electron chi connectivity index (χ2n) is 5.26. The summed E-state index contributed by atoms with van der Waals surface area (Å²) in [7, 11) is 0. The molecule has 1 heterocycles. The van der Waals surface area contributed by atoms with E-state index < -0.39 is 17.6 Å². The topological polar surface area (TPSA) is 75.9 Å². The summed E-state index contributed by atoms with van der Waals surface area (Å²) in [4.78, 5) is 7.79. The lowest BCUT2D eigenvalue weighted by atomic mass is 10.1. The van der Waals surface area contributed by atoms with Crippen LogP contribution in [0, 0.1) is 5.82 Å². The Kier molecular flexibility index (Phi) is 4.61. The van der Waals surface area contributed by atoms with E-state index in [0.717, 1.165) is 12.4 Å². The number of hydrogen-bond acceptors (Lipinski definition) is 5. The van der Waals surface area contributed by atoms with Crippen molar-refractivity contribution in [2.24, 2.45) is 0 Å². The highest BCUT2D eigenvalue weighted by Gasteiger charge is 2.33. The van der Waals surface area contributed by atoms with Crippen molar-refractivity contribution in [3.8, 4) is 0 Å². The van der Waals surface area contributed by atoms with Crippen LogP contribution in [0.5, 0.6) is 0 Å². The van der Waals surface area contributed by atoms with E-state index >= 15 is 0 Å². The van der Waals surface area contributed by atoms with Gasteiger partial charge in [0.25, 0.3) is 0 Å². The molecular weight excluding hydrogens is 350 g/mol. The van der Waals surface area contributed by atoms with Crippen molar-refractivity contribution in [1.82, 2.24) is 9.97 Å². The van der Waals surface area contributed by atoms with E-state index in [0.29, 0.717) is 0 Å². The highest BCUT2D eigenvalue weighted by molar-refractivity contribution is 5.80. The summed E-state index contributed by atoms with van der Waals surface area (Å²) < 4.78 is 53.1. The summed E-state index contributed by atoms with van der Waals surface area (Å²) in [6.45, 7) is 0. The number of nitrogens with zero attached hydrogens (tertiary/aromatic N) is 2. The fourth-order valence-electron chi connectivity index (χ4n) is 2.25. The van der Waals surface area contributed by atoms with Crippen LogP contribution in [0.3, 0.4) is 0 Å². The van der Waals surface area contributed by atoms with Crippen LogP contribution in [0.1, 0.15) is 5.56 Å². The largest absolute Gasteiger partial charge is 0.418 e. The third-order valence-corrected chi connectivity index (χ3v) is 3.50. The highest BCUT2D eigenvalue weighted by atomic mass is 19.4. The number of anilines is 5. The molecule has 9 heteroatoms. The smallest absolute Gasteiger partial charge is 0.393 e.